The fraction of sp³-hybridized carbons (Fsp3) is 0.522. The van der Waals surface area contributed by atoms with E-state index in [1.165, 1.54) is 4.57 Å². The summed E-state index contributed by atoms with van der Waals surface area (Å²) >= 11 is 0. The van der Waals surface area contributed by atoms with Crippen LogP contribution < -0.4 is 9.30 Å². The largest absolute Gasteiger partial charge is 0.743 e. The van der Waals surface area contributed by atoms with Crippen LogP contribution in [-0.4, -0.2) is 49.2 Å². The number of methoxy groups -OCH3 is 1. The highest BCUT2D eigenvalue weighted by molar-refractivity contribution is 7.85. The Balaban J connectivity index is 1.80. The number of piperidine rings is 3. The summed E-state index contributed by atoms with van der Waals surface area (Å²) in [6.45, 7) is 7.49. The third kappa shape index (κ3) is 3.98. The van der Waals surface area contributed by atoms with Gasteiger partial charge in [-0.1, -0.05) is 13.0 Å². The van der Waals surface area contributed by atoms with E-state index in [1.54, 1.807) is 44.5 Å². The average molecular weight is 447 g/mol. The molecule has 1 aromatic carbocycles. The van der Waals surface area contributed by atoms with Crippen molar-refractivity contribution in [2.24, 2.45) is 11.8 Å². The number of aliphatic hydroxyl groups is 1. The van der Waals surface area contributed by atoms with E-state index in [-0.39, 0.29) is 12.5 Å². The molecule has 0 saturated carbocycles. The molecule has 2 bridgehead atoms. The van der Waals surface area contributed by atoms with E-state index in [0.29, 0.717) is 28.5 Å². The van der Waals surface area contributed by atoms with Gasteiger partial charge in [-0.2, -0.15) is 4.57 Å². The number of hydrogen-bond acceptors (Lipinski definition) is 6. The number of benzene rings is 1. The highest BCUT2D eigenvalue weighted by Gasteiger charge is 2.42. The van der Waals surface area contributed by atoms with E-state index in [0.717, 1.165) is 31.5 Å². The van der Waals surface area contributed by atoms with Gasteiger partial charge in [-0.3, -0.25) is 4.90 Å². The van der Waals surface area contributed by atoms with Gasteiger partial charge in [0.1, 0.15) is 5.75 Å². The number of aromatic nitrogens is 1. The SMILES string of the molecule is C=CC1CN2CCC1CC2[C@@H](O)c1cc[n+](C(CC)S(=O)(=O)[O-])c2ccc(OC)cc12. The average Bonchev–Trinajstić information content (AvgIpc) is 2.77. The Kier molecular flexibility index (Phi) is 6.09. The van der Waals surface area contributed by atoms with Gasteiger partial charge in [-0.25, -0.2) is 8.42 Å². The lowest BCUT2D eigenvalue weighted by atomic mass is 9.73. The lowest BCUT2D eigenvalue weighted by Crippen LogP contribution is -2.55. The number of nitrogens with zero attached hydrogens (tertiary/aromatic N) is 2. The molecular weight excluding hydrogens is 416 g/mol. The van der Waals surface area contributed by atoms with Gasteiger partial charge in [0.05, 0.1) is 18.6 Å². The molecule has 7 nitrogen and oxygen atoms in total. The molecule has 3 aliphatic rings. The number of hydrogen-bond donors (Lipinski definition) is 1. The van der Waals surface area contributed by atoms with Gasteiger partial charge in [0.15, 0.2) is 16.3 Å². The van der Waals surface area contributed by atoms with Crippen LogP contribution >= 0.6 is 0 Å². The Labute approximate surface area is 183 Å². The Bertz CT molecular complexity index is 1090. The first-order valence-corrected chi connectivity index (χ1v) is 12.3. The second-order valence-corrected chi connectivity index (χ2v) is 10.1. The second kappa shape index (κ2) is 8.50. The predicted molar refractivity (Wildman–Crippen MR) is 116 cm³/mol. The Morgan fingerprint density at radius 1 is 1.42 bits per heavy atom. The van der Waals surface area contributed by atoms with E-state index in [4.69, 9.17) is 4.74 Å². The molecule has 4 heterocycles. The van der Waals surface area contributed by atoms with Gasteiger partial charge in [0.2, 0.25) is 10.9 Å². The summed E-state index contributed by atoms with van der Waals surface area (Å²) in [5.74, 6) is 1.58. The number of aliphatic hydroxyl groups excluding tert-OH is 1. The Morgan fingerprint density at radius 3 is 2.77 bits per heavy atom. The van der Waals surface area contributed by atoms with E-state index >= 15 is 0 Å². The third-order valence-corrected chi connectivity index (χ3v) is 8.26. The number of pyridine rings is 1. The van der Waals surface area contributed by atoms with E-state index in [1.807, 2.05) is 6.08 Å². The minimum atomic E-state index is -4.54. The van der Waals surface area contributed by atoms with Crippen molar-refractivity contribution in [1.29, 1.82) is 0 Å². The number of ether oxygens (including phenoxy) is 1. The Morgan fingerprint density at radius 2 is 2.19 bits per heavy atom. The van der Waals surface area contributed by atoms with Gasteiger partial charge in [0.25, 0.3) is 0 Å². The van der Waals surface area contributed by atoms with Crippen molar-refractivity contribution in [2.75, 3.05) is 20.2 Å². The quantitative estimate of drug-likeness (QED) is 0.399. The summed E-state index contributed by atoms with van der Waals surface area (Å²) < 4.78 is 42.5. The standard InChI is InChI=1S/C23H30N2O5S/c1-4-15-14-24-10-8-16(15)12-21(24)23(26)18-9-11-25(22(5-2)31(27,28)29)20-7-6-17(30-3)13-19(18)20/h4,6-7,9,11,13,15-16,21-23,26H,1,5,8,10,12,14H2,2-3H3/t15?,16?,21?,22?,23-/m0/s1. The third-order valence-electron chi connectivity index (χ3n) is 7.04. The number of fused-ring (bicyclic) bond motifs is 4. The predicted octanol–water partition coefficient (Wildman–Crippen LogP) is 2.52. The maximum absolute atomic E-state index is 11.9. The fourth-order valence-electron chi connectivity index (χ4n) is 5.39. The molecule has 3 aliphatic heterocycles. The van der Waals surface area contributed by atoms with Crippen LogP contribution in [0, 0.1) is 11.8 Å². The first-order valence-electron chi connectivity index (χ1n) is 10.8. The molecule has 6 atom stereocenters. The van der Waals surface area contributed by atoms with E-state index < -0.39 is 21.6 Å². The minimum absolute atomic E-state index is 0.00888. The lowest BCUT2D eigenvalue weighted by Gasteiger charge is -2.50. The van der Waals surface area contributed by atoms with Gasteiger partial charge >= 0.3 is 0 Å². The molecule has 0 aliphatic carbocycles. The van der Waals surface area contributed by atoms with Gasteiger partial charge in [0, 0.05) is 36.7 Å². The molecule has 8 heteroatoms. The van der Waals surface area contributed by atoms with Crippen molar-refractivity contribution in [3.05, 3.63) is 48.7 Å². The normalized spacial score (nSPS) is 27.7. The highest BCUT2D eigenvalue weighted by atomic mass is 32.2. The molecule has 31 heavy (non-hydrogen) atoms. The summed E-state index contributed by atoms with van der Waals surface area (Å²) in [6.07, 6.45) is 5.06. The molecule has 3 saturated heterocycles. The molecule has 5 unspecified atom stereocenters. The van der Waals surface area contributed by atoms with Crippen LogP contribution in [0.5, 0.6) is 5.75 Å². The summed E-state index contributed by atoms with van der Waals surface area (Å²) in [5, 5.41) is 10.9. The van der Waals surface area contributed by atoms with Crippen LogP contribution in [0.4, 0.5) is 0 Å². The molecular formula is C23H30N2O5S. The van der Waals surface area contributed by atoms with Crippen LogP contribution in [0.15, 0.2) is 43.1 Å². The molecule has 3 fully saturated rings. The summed E-state index contributed by atoms with van der Waals surface area (Å²) in [6, 6.07) is 7.02. The monoisotopic (exact) mass is 446 g/mol. The first-order chi connectivity index (χ1) is 14.8. The summed E-state index contributed by atoms with van der Waals surface area (Å²) in [5.41, 5.74) is 1.31. The zero-order valence-electron chi connectivity index (χ0n) is 18.0. The maximum Gasteiger partial charge on any atom is 0.246 e. The van der Waals surface area contributed by atoms with E-state index in [9.17, 15) is 18.1 Å². The van der Waals surface area contributed by atoms with Crippen molar-refractivity contribution in [3.8, 4) is 5.75 Å². The molecule has 168 valence electrons. The van der Waals surface area contributed by atoms with Crippen molar-refractivity contribution in [1.82, 2.24) is 4.90 Å². The van der Waals surface area contributed by atoms with E-state index in [2.05, 4.69) is 11.5 Å². The van der Waals surface area contributed by atoms with Crippen LogP contribution in [0.3, 0.4) is 0 Å². The molecule has 0 spiro atoms. The van der Waals surface area contributed by atoms with Crippen LogP contribution in [-0.2, 0) is 10.1 Å². The minimum Gasteiger partial charge on any atom is -0.743 e. The second-order valence-electron chi connectivity index (χ2n) is 8.61. The zero-order valence-corrected chi connectivity index (χ0v) is 18.8. The van der Waals surface area contributed by atoms with Gasteiger partial charge in [-0.15, -0.1) is 6.58 Å². The van der Waals surface area contributed by atoms with Crippen LogP contribution in [0.2, 0.25) is 0 Å². The smallest absolute Gasteiger partial charge is 0.246 e. The van der Waals surface area contributed by atoms with Gasteiger partial charge in [-0.05, 0) is 43.4 Å². The highest BCUT2D eigenvalue weighted by Crippen LogP contribution is 2.42. The molecule has 5 rings (SSSR count). The topological polar surface area (TPSA) is 93.8 Å². The Hall–Kier alpha value is -2.00. The molecule has 0 amide bonds. The summed E-state index contributed by atoms with van der Waals surface area (Å²) in [4.78, 5) is 2.33. The number of rotatable bonds is 7. The van der Waals surface area contributed by atoms with Crippen molar-refractivity contribution in [2.45, 2.75) is 43.7 Å². The van der Waals surface area contributed by atoms with Crippen molar-refractivity contribution in [3.63, 3.8) is 0 Å². The van der Waals surface area contributed by atoms with Gasteiger partial charge < -0.3 is 14.4 Å². The molecule has 1 N–H and O–H groups in total. The summed E-state index contributed by atoms with van der Waals surface area (Å²) in [7, 11) is -2.98. The first kappa shape index (κ1) is 22.2. The van der Waals surface area contributed by atoms with Crippen LogP contribution in [0.1, 0.15) is 43.2 Å². The zero-order chi connectivity index (χ0) is 22.3. The lowest BCUT2D eigenvalue weighted by molar-refractivity contribution is -0.677. The van der Waals surface area contributed by atoms with Crippen LogP contribution in [0.25, 0.3) is 10.9 Å². The van der Waals surface area contributed by atoms with Crippen molar-refractivity contribution >= 4 is 21.0 Å². The molecule has 2 aromatic rings. The van der Waals surface area contributed by atoms with Crippen molar-refractivity contribution < 1.29 is 27.4 Å². The maximum atomic E-state index is 11.9. The fourth-order valence-corrected chi connectivity index (χ4v) is 6.26. The molecule has 1 aromatic heterocycles. The molecule has 0 radical (unpaired) electrons.